The van der Waals surface area contributed by atoms with Crippen LogP contribution in [0.3, 0.4) is 0 Å². The van der Waals surface area contributed by atoms with E-state index in [-0.39, 0.29) is 0 Å². The van der Waals surface area contributed by atoms with Crippen LogP contribution in [0.5, 0.6) is 0 Å². The summed E-state index contributed by atoms with van der Waals surface area (Å²) in [5.41, 5.74) is 5.25. The molecule has 1 N–H and O–H groups in total. The fourth-order valence-corrected chi connectivity index (χ4v) is 4.28. The first kappa shape index (κ1) is 19.7. The SMILES string of the molecule is Cc1cccc(N2CCN(c3cc(C)nc(NCCC4=CCCCC4)n3)CC2)c1. The van der Waals surface area contributed by atoms with Crippen LogP contribution >= 0.6 is 0 Å². The molecule has 1 aromatic heterocycles. The number of piperazine rings is 1. The molecular weight excluding hydrogens is 358 g/mol. The highest BCUT2D eigenvalue weighted by molar-refractivity contribution is 5.52. The van der Waals surface area contributed by atoms with Crippen LogP contribution in [-0.4, -0.2) is 42.7 Å². The minimum atomic E-state index is 0.762. The molecule has 0 amide bonds. The quantitative estimate of drug-likeness (QED) is 0.722. The lowest BCUT2D eigenvalue weighted by Gasteiger charge is -2.37. The molecule has 1 fully saturated rings. The zero-order valence-corrected chi connectivity index (χ0v) is 17.8. The van der Waals surface area contributed by atoms with E-state index in [0.29, 0.717) is 0 Å². The number of anilines is 3. The molecule has 1 aromatic carbocycles. The third-order valence-corrected chi connectivity index (χ3v) is 5.93. The summed E-state index contributed by atoms with van der Waals surface area (Å²) in [7, 11) is 0. The lowest BCUT2D eigenvalue weighted by atomic mass is 9.97. The number of allylic oxidation sites excluding steroid dienone is 1. The maximum atomic E-state index is 4.82. The second-order valence-corrected chi connectivity index (χ2v) is 8.29. The highest BCUT2D eigenvalue weighted by Gasteiger charge is 2.19. The molecule has 0 unspecified atom stereocenters. The number of nitrogens with zero attached hydrogens (tertiary/aromatic N) is 4. The van der Waals surface area contributed by atoms with E-state index in [0.717, 1.165) is 56.6 Å². The maximum Gasteiger partial charge on any atom is 0.224 e. The Morgan fingerprint density at radius 3 is 2.55 bits per heavy atom. The lowest BCUT2D eigenvalue weighted by molar-refractivity contribution is 0.646. The average molecular weight is 392 g/mol. The second kappa shape index (κ2) is 9.29. The van der Waals surface area contributed by atoms with Crippen LogP contribution in [0.2, 0.25) is 0 Å². The van der Waals surface area contributed by atoms with Crippen molar-refractivity contribution in [1.82, 2.24) is 9.97 Å². The van der Waals surface area contributed by atoms with E-state index >= 15 is 0 Å². The number of rotatable bonds is 6. The number of nitrogens with one attached hydrogen (secondary N) is 1. The number of aryl methyl sites for hydroxylation is 2. The third kappa shape index (κ3) is 5.28. The van der Waals surface area contributed by atoms with Gasteiger partial charge >= 0.3 is 0 Å². The number of hydrogen-bond donors (Lipinski definition) is 1. The van der Waals surface area contributed by atoms with Crippen molar-refractivity contribution in [2.45, 2.75) is 46.0 Å². The Hall–Kier alpha value is -2.56. The standard InChI is InChI=1S/C24H33N5/c1-19-7-6-10-22(17-19)28-13-15-29(16-14-28)23-18-20(2)26-24(27-23)25-12-11-21-8-4-3-5-9-21/h6-8,10,17-18H,3-5,9,11-16H2,1-2H3,(H,25,26,27). The molecule has 1 aliphatic heterocycles. The molecule has 1 aliphatic carbocycles. The van der Waals surface area contributed by atoms with Crippen molar-refractivity contribution in [1.29, 1.82) is 0 Å². The van der Waals surface area contributed by atoms with Gasteiger partial charge in [0.2, 0.25) is 5.95 Å². The summed E-state index contributed by atoms with van der Waals surface area (Å²) in [6.07, 6.45) is 8.70. The average Bonchev–Trinajstić information content (AvgIpc) is 2.74. The van der Waals surface area contributed by atoms with Gasteiger partial charge in [0.15, 0.2) is 0 Å². The Morgan fingerprint density at radius 2 is 1.79 bits per heavy atom. The van der Waals surface area contributed by atoms with Gasteiger partial charge in [0.1, 0.15) is 5.82 Å². The molecule has 4 rings (SSSR count). The van der Waals surface area contributed by atoms with Gasteiger partial charge in [-0.2, -0.15) is 4.98 Å². The minimum absolute atomic E-state index is 0.762. The minimum Gasteiger partial charge on any atom is -0.368 e. The number of benzene rings is 1. The van der Waals surface area contributed by atoms with E-state index < -0.39 is 0 Å². The molecule has 0 radical (unpaired) electrons. The molecule has 154 valence electrons. The third-order valence-electron chi connectivity index (χ3n) is 5.93. The van der Waals surface area contributed by atoms with Gasteiger partial charge in [0.25, 0.3) is 0 Å². The Balaban J connectivity index is 1.34. The van der Waals surface area contributed by atoms with Crippen molar-refractivity contribution >= 4 is 17.5 Å². The Bertz CT molecular complexity index is 852. The summed E-state index contributed by atoms with van der Waals surface area (Å²) in [5.74, 6) is 1.80. The summed E-state index contributed by atoms with van der Waals surface area (Å²) in [5, 5.41) is 3.45. The van der Waals surface area contributed by atoms with Crippen molar-refractivity contribution in [3.8, 4) is 0 Å². The molecule has 1 saturated heterocycles. The van der Waals surface area contributed by atoms with Gasteiger partial charge < -0.3 is 15.1 Å². The van der Waals surface area contributed by atoms with Crippen LogP contribution in [0.1, 0.15) is 43.4 Å². The number of aromatic nitrogens is 2. The Kier molecular flexibility index (Phi) is 6.33. The smallest absolute Gasteiger partial charge is 0.224 e. The molecular formula is C24H33N5. The molecule has 0 atom stereocenters. The van der Waals surface area contributed by atoms with Gasteiger partial charge in [0, 0.05) is 50.2 Å². The molecule has 0 bridgehead atoms. The first-order valence-electron chi connectivity index (χ1n) is 11.0. The molecule has 29 heavy (non-hydrogen) atoms. The first-order chi connectivity index (χ1) is 14.2. The van der Waals surface area contributed by atoms with Gasteiger partial charge in [-0.3, -0.25) is 0 Å². The van der Waals surface area contributed by atoms with Gasteiger partial charge in [-0.05, 0) is 63.6 Å². The van der Waals surface area contributed by atoms with E-state index in [1.165, 1.54) is 36.9 Å². The Labute approximate surface area is 174 Å². The molecule has 2 aromatic rings. The van der Waals surface area contributed by atoms with Crippen molar-refractivity contribution in [3.63, 3.8) is 0 Å². The van der Waals surface area contributed by atoms with Crippen LogP contribution in [-0.2, 0) is 0 Å². The monoisotopic (exact) mass is 391 g/mol. The highest BCUT2D eigenvalue weighted by Crippen LogP contribution is 2.22. The van der Waals surface area contributed by atoms with Crippen LogP contribution in [0, 0.1) is 13.8 Å². The van der Waals surface area contributed by atoms with Crippen molar-refractivity contribution in [3.05, 3.63) is 53.2 Å². The lowest BCUT2D eigenvalue weighted by Crippen LogP contribution is -2.47. The predicted molar refractivity (Wildman–Crippen MR) is 122 cm³/mol. The fraction of sp³-hybridized carbons (Fsp3) is 0.500. The van der Waals surface area contributed by atoms with Crippen LogP contribution in [0.15, 0.2) is 42.0 Å². The molecule has 2 aliphatic rings. The van der Waals surface area contributed by atoms with Gasteiger partial charge in [-0.15, -0.1) is 0 Å². The molecule has 0 spiro atoms. The van der Waals surface area contributed by atoms with Crippen LogP contribution in [0.25, 0.3) is 0 Å². The van der Waals surface area contributed by atoms with Crippen LogP contribution < -0.4 is 15.1 Å². The summed E-state index contributed by atoms with van der Waals surface area (Å²) in [4.78, 5) is 14.3. The molecule has 5 nitrogen and oxygen atoms in total. The summed E-state index contributed by atoms with van der Waals surface area (Å²) in [6.45, 7) is 9.13. The topological polar surface area (TPSA) is 44.3 Å². The second-order valence-electron chi connectivity index (χ2n) is 8.29. The van der Waals surface area contributed by atoms with E-state index in [1.54, 1.807) is 5.57 Å². The molecule has 2 heterocycles. The van der Waals surface area contributed by atoms with Crippen LogP contribution in [0.4, 0.5) is 17.5 Å². The van der Waals surface area contributed by atoms with Crippen molar-refractivity contribution in [2.75, 3.05) is 47.8 Å². The van der Waals surface area contributed by atoms with Crippen molar-refractivity contribution in [2.24, 2.45) is 0 Å². The predicted octanol–water partition coefficient (Wildman–Crippen LogP) is 4.72. The van der Waals surface area contributed by atoms with E-state index in [1.807, 2.05) is 0 Å². The summed E-state index contributed by atoms with van der Waals surface area (Å²) >= 11 is 0. The zero-order chi connectivity index (χ0) is 20.1. The largest absolute Gasteiger partial charge is 0.368 e. The van der Waals surface area contributed by atoms with Gasteiger partial charge in [-0.1, -0.05) is 23.8 Å². The Morgan fingerprint density at radius 1 is 0.966 bits per heavy atom. The van der Waals surface area contributed by atoms with Crippen molar-refractivity contribution < 1.29 is 0 Å². The first-order valence-corrected chi connectivity index (χ1v) is 11.0. The summed E-state index contributed by atoms with van der Waals surface area (Å²) < 4.78 is 0. The number of hydrogen-bond acceptors (Lipinski definition) is 5. The van der Waals surface area contributed by atoms with E-state index in [4.69, 9.17) is 4.98 Å². The zero-order valence-electron chi connectivity index (χ0n) is 17.8. The van der Waals surface area contributed by atoms with E-state index in [2.05, 4.69) is 70.4 Å². The van der Waals surface area contributed by atoms with Gasteiger partial charge in [0.05, 0.1) is 0 Å². The van der Waals surface area contributed by atoms with Gasteiger partial charge in [-0.25, -0.2) is 4.98 Å². The molecule has 0 saturated carbocycles. The highest BCUT2D eigenvalue weighted by atomic mass is 15.3. The molecule has 5 heteroatoms. The maximum absolute atomic E-state index is 4.82. The summed E-state index contributed by atoms with van der Waals surface area (Å²) in [6, 6.07) is 10.9. The fourth-order valence-electron chi connectivity index (χ4n) is 4.28. The normalized spacial score (nSPS) is 17.2. The van der Waals surface area contributed by atoms with E-state index in [9.17, 15) is 0 Å².